The number of nitrogens with zero attached hydrogens (tertiary/aromatic N) is 3. The van der Waals surface area contributed by atoms with Crippen molar-refractivity contribution in [3.05, 3.63) is 27.8 Å². The zero-order chi connectivity index (χ0) is 22.1. The van der Waals surface area contributed by atoms with Gasteiger partial charge in [-0.25, -0.2) is 18.6 Å². The van der Waals surface area contributed by atoms with Gasteiger partial charge in [0, 0.05) is 41.7 Å². The summed E-state index contributed by atoms with van der Waals surface area (Å²) in [5.41, 5.74) is 0.752. The first kappa shape index (κ1) is 22.1. The Morgan fingerprint density at radius 2 is 2.20 bits per heavy atom. The highest BCUT2D eigenvalue weighted by atomic mass is 32.1. The van der Waals surface area contributed by atoms with E-state index in [1.165, 1.54) is 18.3 Å². The maximum Gasteiger partial charge on any atom is 0.407 e. The predicted molar refractivity (Wildman–Crippen MR) is 108 cm³/mol. The SMILES string of the molecule is Cc1ncc(CC(=O)Nc2cc([C@H]3CC[C@@H](N(C(=O)O)C(C)C(C)(F)F)C3)[nH]n2)s1. The number of nitrogens with one attached hydrogen (secondary N) is 2. The Bertz CT molecular complexity index is 910. The predicted octanol–water partition coefficient (Wildman–Crippen LogP) is 4.02. The van der Waals surface area contributed by atoms with Gasteiger partial charge in [0.25, 0.3) is 5.92 Å². The summed E-state index contributed by atoms with van der Waals surface area (Å²) >= 11 is 1.46. The molecule has 0 spiro atoms. The van der Waals surface area contributed by atoms with E-state index < -0.39 is 24.1 Å². The fourth-order valence-electron chi connectivity index (χ4n) is 3.82. The fraction of sp³-hybridized carbons (Fsp3) is 0.579. The molecule has 8 nitrogen and oxygen atoms in total. The number of alkyl halides is 2. The standard InChI is InChI=1S/C19H25F2N5O3S/c1-10(19(3,20)21)26(18(28)29)13-5-4-12(6-13)15-8-16(25-24-15)23-17(27)7-14-9-22-11(2)30-14/h8-10,12-13H,4-7H2,1-3H3,(H,28,29)(H2,23,24,25,27)/t10?,12-,13+/m0/s1. The highest BCUT2D eigenvalue weighted by Crippen LogP contribution is 2.39. The van der Waals surface area contributed by atoms with E-state index in [4.69, 9.17) is 0 Å². The van der Waals surface area contributed by atoms with Crippen LogP contribution in [0.1, 0.15) is 54.6 Å². The van der Waals surface area contributed by atoms with Gasteiger partial charge in [-0.05, 0) is 33.1 Å². The molecule has 3 atom stereocenters. The Balaban J connectivity index is 1.61. The largest absolute Gasteiger partial charge is 0.465 e. The Labute approximate surface area is 176 Å². The summed E-state index contributed by atoms with van der Waals surface area (Å²) in [6, 6.07) is -0.193. The molecule has 0 bridgehead atoms. The van der Waals surface area contributed by atoms with Gasteiger partial charge < -0.3 is 10.4 Å². The molecule has 1 fully saturated rings. The maximum atomic E-state index is 13.7. The molecule has 1 aliphatic rings. The van der Waals surface area contributed by atoms with E-state index in [0.717, 1.165) is 27.4 Å². The zero-order valence-electron chi connectivity index (χ0n) is 17.0. The first-order chi connectivity index (χ1) is 14.0. The molecule has 11 heteroatoms. The minimum Gasteiger partial charge on any atom is -0.465 e. The lowest BCUT2D eigenvalue weighted by molar-refractivity contribution is -0.115. The quantitative estimate of drug-likeness (QED) is 0.601. The Hall–Kier alpha value is -2.56. The molecule has 1 saturated carbocycles. The molecule has 1 aliphatic carbocycles. The van der Waals surface area contributed by atoms with Gasteiger partial charge in [0.05, 0.1) is 17.5 Å². The molecule has 2 aromatic rings. The molecule has 2 heterocycles. The molecule has 164 valence electrons. The first-order valence-corrected chi connectivity index (χ1v) is 10.5. The number of aromatic amines is 1. The number of carboxylic acid groups (broad SMARTS) is 1. The van der Waals surface area contributed by atoms with Crippen molar-refractivity contribution in [2.75, 3.05) is 5.32 Å². The summed E-state index contributed by atoms with van der Waals surface area (Å²) in [6.07, 6.45) is 2.09. The maximum absolute atomic E-state index is 13.7. The number of aromatic nitrogens is 3. The van der Waals surface area contributed by atoms with Crippen molar-refractivity contribution in [3.8, 4) is 0 Å². The molecule has 3 N–H and O–H groups in total. The van der Waals surface area contributed by atoms with Crippen LogP contribution in [0.3, 0.4) is 0 Å². The minimum atomic E-state index is -3.13. The van der Waals surface area contributed by atoms with Gasteiger partial charge in [0.1, 0.15) is 0 Å². The van der Waals surface area contributed by atoms with E-state index in [1.807, 2.05) is 6.92 Å². The number of carbonyl (C=O) groups is 2. The minimum absolute atomic E-state index is 0.0446. The smallest absolute Gasteiger partial charge is 0.407 e. The Morgan fingerprint density at radius 3 is 2.80 bits per heavy atom. The number of aryl methyl sites for hydroxylation is 1. The number of anilines is 1. The van der Waals surface area contributed by atoms with Crippen LogP contribution in [-0.4, -0.2) is 55.2 Å². The number of hydrogen-bond acceptors (Lipinski definition) is 5. The summed E-state index contributed by atoms with van der Waals surface area (Å²) in [6.45, 7) is 3.84. The van der Waals surface area contributed by atoms with Gasteiger partial charge >= 0.3 is 6.09 Å². The van der Waals surface area contributed by atoms with E-state index in [-0.39, 0.29) is 18.2 Å². The van der Waals surface area contributed by atoms with E-state index in [2.05, 4.69) is 20.5 Å². The number of carbonyl (C=O) groups excluding carboxylic acids is 1. The van der Waals surface area contributed by atoms with Crippen LogP contribution in [0, 0.1) is 6.92 Å². The van der Waals surface area contributed by atoms with Crippen LogP contribution >= 0.6 is 11.3 Å². The third-order valence-corrected chi connectivity index (χ3v) is 6.39. The first-order valence-electron chi connectivity index (χ1n) is 9.70. The molecule has 0 saturated heterocycles. The molecule has 0 aliphatic heterocycles. The van der Waals surface area contributed by atoms with Crippen LogP contribution < -0.4 is 5.32 Å². The summed E-state index contributed by atoms with van der Waals surface area (Å²) < 4.78 is 27.4. The van der Waals surface area contributed by atoms with Crippen molar-refractivity contribution in [3.63, 3.8) is 0 Å². The van der Waals surface area contributed by atoms with Crippen LogP contribution in [0.25, 0.3) is 0 Å². The number of H-pyrrole nitrogens is 1. The van der Waals surface area contributed by atoms with Crippen molar-refractivity contribution in [2.24, 2.45) is 0 Å². The zero-order valence-corrected chi connectivity index (χ0v) is 17.8. The molecular weight excluding hydrogens is 416 g/mol. The number of thiazole rings is 1. The fourth-order valence-corrected chi connectivity index (χ4v) is 4.61. The summed E-state index contributed by atoms with van der Waals surface area (Å²) in [5.74, 6) is -3.00. The molecule has 2 amide bonds. The molecule has 30 heavy (non-hydrogen) atoms. The van der Waals surface area contributed by atoms with Crippen LogP contribution in [0.4, 0.5) is 19.4 Å². The lowest BCUT2D eigenvalue weighted by atomic mass is 10.0. The number of halogens is 2. The molecular formula is C19H25F2N5O3S. The van der Waals surface area contributed by atoms with E-state index in [9.17, 15) is 23.5 Å². The van der Waals surface area contributed by atoms with Crippen LogP contribution in [-0.2, 0) is 11.2 Å². The van der Waals surface area contributed by atoms with E-state index in [0.29, 0.717) is 25.1 Å². The Morgan fingerprint density at radius 1 is 1.47 bits per heavy atom. The van der Waals surface area contributed by atoms with Gasteiger partial charge in [0.2, 0.25) is 5.91 Å². The average molecular weight is 442 g/mol. The van der Waals surface area contributed by atoms with Gasteiger partial charge in [-0.3, -0.25) is 14.8 Å². The third kappa shape index (κ3) is 5.13. The van der Waals surface area contributed by atoms with Crippen LogP contribution in [0.15, 0.2) is 12.3 Å². The van der Waals surface area contributed by atoms with Crippen molar-refractivity contribution in [2.45, 2.75) is 70.4 Å². The lowest BCUT2D eigenvalue weighted by Gasteiger charge is -2.35. The van der Waals surface area contributed by atoms with Gasteiger partial charge in [-0.15, -0.1) is 11.3 Å². The van der Waals surface area contributed by atoms with E-state index >= 15 is 0 Å². The summed E-state index contributed by atoms with van der Waals surface area (Å²) in [4.78, 5) is 29.6. The Kier molecular flexibility index (Phi) is 6.39. The molecule has 0 aromatic carbocycles. The van der Waals surface area contributed by atoms with Crippen molar-refractivity contribution in [1.82, 2.24) is 20.1 Å². The monoisotopic (exact) mass is 441 g/mol. The highest BCUT2D eigenvalue weighted by molar-refractivity contribution is 7.11. The van der Waals surface area contributed by atoms with Crippen molar-refractivity contribution in [1.29, 1.82) is 0 Å². The molecule has 2 aromatic heterocycles. The second-order valence-corrected chi connectivity index (χ2v) is 9.08. The topological polar surface area (TPSA) is 111 Å². The molecule has 3 rings (SSSR count). The molecule has 1 unspecified atom stereocenters. The average Bonchev–Trinajstić information content (AvgIpc) is 3.35. The van der Waals surface area contributed by atoms with Gasteiger partial charge in [0.15, 0.2) is 5.82 Å². The summed E-state index contributed by atoms with van der Waals surface area (Å²) in [7, 11) is 0. The second kappa shape index (κ2) is 8.66. The lowest BCUT2D eigenvalue weighted by Crippen LogP contribution is -2.51. The number of hydrogen-bond donors (Lipinski definition) is 3. The number of amides is 2. The van der Waals surface area contributed by atoms with Crippen molar-refractivity contribution >= 4 is 29.2 Å². The molecule has 0 radical (unpaired) electrons. The van der Waals surface area contributed by atoms with E-state index in [1.54, 1.807) is 12.3 Å². The highest BCUT2D eigenvalue weighted by Gasteiger charge is 2.43. The van der Waals surface area contributed by atoms with Gasteiger partial charge in [-0.1, -0.05) is 0 Å². The second-order valence-electron chi connectivity index (χ2n) is 7.76. The van der Waals surface area contributed by atoms with Crippen LogP contribution in [0.5, 0.6) is 0 Å². The summed E-state index contributed by atoms with van der Waals surface area (Å²) in [5, 5.41) is 20.1. The third-order valence-electron chi connectivity index (χ3n) is 5.48. The number of rotatable bonds is 7. The van der Waals surface area contributed by atoms with Crippen LogP contribution in [0.2, 0.25) is 0 Å². The van der Waals surface area contributed by atoms with Crippen molar-refractivity contribution < 1.29 is 23.5 Å². The van der Waals surface area contributed by atoms with Gasteiger partial charge in [-0.2, -0.15) is 5.10 Å². The normalized spacial score (nSPS) is 20.2.